The van der Waals surface area contributed by atoms with Crippen molar-refractivity contribution in [3.05, 3.63) is 54.1 Å². The minimum absolute atomic E-state index is 0.768. The Bertz CT molecular complexity index is 296. The van der Waals surface area contributed by atoms with Crippen LogP contribution in [0.2, 0.25) is 0 Å². The van der Waals surface area contributed by atoms with Crippen molar-refractivity contribution in [2.75, 3.05) is 0 Å². The summed E-state index contributed by atoms with van der Waals surface area (Å²) in [5.41, 5.74) is 1.17. The summed E-state index contributed by atoms with van der Waals surface area (Å²) < 4.78 is 0. The van der Waals surface area contributed by atoms with Crippen LogP contribution in [0.5, 0.6) is 0 Å². The molecule has 0 heterocycles. The molecule has 65 valence electrons. The number of hydrogen-bond donors (Lipinski definition) is 0. The summed E-state index contributed by atoms with van der Waals surface area (Å²) in [6.07, 6.45) is 9.65. The molecule has 0 bridgehead atoms. The van der Waals surface area contributed by atoms with Gasteiger partial charge in [-0.3, -0.25) is 4.79 Å². The van der Waals surface area contributed by atoms with Crippen LogP contribution in [-0.4, -0.2) is 6.29 Å². The van der Waals surface area contributed by atoms with Gasteiger partial charge in [0.2, 0.25) is 6.29 Å². The molecule has 1 radical (unpaired) electrons. The van der Waals surface area contributed by atoms with Crippen LogP contribution < -0.4 is 0 Å². The topological polar surface area (TPSA) is 17.1 Å². The highest BCUT2D eigenvalue weighted by Gasteiger charge is 1.80. The van der Waals surface area contributed by atoms with Crippen molar-refractivity contribution in [3.8, 4) is 0 Å². The van der Waals surface area contributed by atoms with Crippen LogP contribution in [0.4, 0.5) is 0 Å². The van der Waals surface area contributed by atoms with E-state index >= 15 is 0 Å². The van der Waals surface area contributed by atoms with Gasteiger partial charge in [-0.05, 0) is 18.1 Å². The molecular formula is C12H11O. The Morgan fingerprint density at radius 1 is 1.15 bits per heavy atom. The van der Waals surface area contributed by atoms with Gasteiger partial charge in [0.05, 0.1) is 0 Å². The first-order valence-electron chi connectivity index (χ1n) is 4.18. The summed E-state index contributed by atoms with van der Waals surface area (Å²) in [5.74, 6) is 0. The highest BCUT2D eigenvalue weighted by Crippen LogP contribution is 2.01. The van der Waals surface area contributed by atoms with Crippen LogP contribution >= 0.6 is 0 Å². The third-order valence-corrected chi connectivity index (χ3v) is 1.57. The summed E-state index contributed by atoms with van der Waals surface area (Å²) in [6, 6.07) is 10.0. The van der Waals surface area contributed by atoms with E-state index in [1.54, 1.807) is 12.4 Å². The Balaban J connectivity index is 2.41. The first-order chi connectivity index (χ1) is 6.43. The average Bonchev–Trinajstić information content (AvgIpc) is 2.19. The van der Waals surface area contributed by atoms with Gasteiger partial charge in [0, 0.05) is 0 Å². The fourth-order valence-electron chi connectivity index (χ4n) is 0.963. The van der Waals surface area contributed by atoms with Crippen molar-refractivity contribution in [2.45, 2.75) is 6.42 Å². The summed E-state index contributed by atoms with van der Waals surface area (Å²) in [6.45, 7) is 0. The fraction of sp³-hybridized carbons (Fsp3) is 0.0833. The maximum Gasteiger partial charge on any atom is 0.225 e. The SMILES string of the molecule is O=[C]C=CC/C=C/c1ccccc1. The third-order valence-electron chi connectivity index (χ3n) is 1.57. The molecule has 0 aliphatic rings. The van der Waals surface area contributed by atoms with E-state index in [0.29, 0.717) is 0 Å². The lowest BCUT2D eigenvalue weighted by atomic mass is 10.2. The molecule has 0 aliphatic heterocycles. The van der Waals surface area contributed by atoms with Gasteiger partial charge in [0.25, 0.3) is 0 Å². The molecule has 0 saturated carbocycles. The summed E-state index contributed by atoms with van der Waals surface area (Å²) in [4.78, 5) is 9.80. The normalized spacial score (nSPS) is 11.1. The van der Waals surface area contributed by atoms with E-state index in [0.717, 1.165) is 6.42 Å². The maximum atomic E-state index is 9.80. The quantitative estimate of drug-likeness (QED) is 0.636. The zero-order valence-electron chi connectivity index (χ0n) is 7.31. The first-order valence-corrected chi connectivity index (χ1v) is 4.18. The Morgan fingerprint density at radius 3 is 2.62 bits per heavy atom. The molecule has 0 amide bonds. The van der Waals surface area contributed by atoms with E-state index in [9.17, 15) is 4.79 Å². The van der Waals surface area contributed by atoms with Crippen molar-refractivity contribution in [1.29, 1.82) is 0 Å². The molecule has 0 aliphatic carbocycles. The monoisotopic (exact) mass is 171 g/mol. The van der Waals surface area contributed by atoms with Crippen LogP contribution in [0.25, 0.3) is 6.08 Å². The number of benzene rings is 1. The number of rotatable bonds is 4. The minimum Gasteiger partial charge on any atom is -0.286 e. The van der Waals surface area contributed by atoms with Crippen molar-refractivity contribution in [2.24, 2.45) is 0 Å². The molecule has 0 aromatic heterocycles. The lowest BCUT2D eigenvalue weighted by Gasteiger charge is -1.88. The van der Waals surface area contributed by atoms with E-state index < -0.39 is 0 Å². The second-order valence-electron chi connectivity index (χ2n) is 2.57. The summed E-state index contributed by atoms with van der Waals surface area (Å²) in [7, 11) is 0. The summed E-state index contributed by atoms with van der Waals surface area (Å²) >= 11 is 0. The molecule has 1 nitrogen and oxygen atoms in total. The van der Waals surface area contributed by atoms with E-state index in [4.69, 9.17) is 0 Å². The summed E-state index contributed by atoms with van der Waals surface area (Å²) in [5, 5.41) is 0. The van der Waals surface area contributed by atoms with Gasteiger partial charge in [0.15, 0.2) is 0 Å². The number of carbonyl (C=O) groups excluding carboxylic acids is 1. The Hall–Kier alpha value is -1.63. The Labute approximate surface area is 78.4 Å². The molecular weight excluding hydrogens is 160 g/mol. The van der Waals surface area contributed by atoms with Gasteiger partial charge in [-0.1, -0.05) is 48.6 Å². The number of allylic oxidation sites excluding steroid dienone is 3. The van der Waals surface area contributed by atoms with Crippen LogP contribution in [-0.2, 0) is 4.79 Å². The van der Waals surface area contributed by atoms with Gasteiger partial charge >= 0.3 is 0 Å². The third kappa shape index (κ3) is 4.06. The van der Waals surface area contributed by atoms with E-state index in [-0.39, 0.29) is 0 Å². The van der Waals surface area contributed by atoms with Crippen LogP contribution in [0.3, 0.4) is 0 Å². The average molecular weight is 171 g/mol. The Kier molecular flexibility index (Phi) is 4.33. The smallest absolute Gasteiger partial charge is 0.225 e. The molecule has 0 spiro atoms. The van der Waals surface area contributed by atoms with Crippen LogP contribution in [0.1, 0.15) is 12.0 Å². The molecule has 1 aromatic carbocycles. The lowest BCUT2D eigenvalue weighted by molar-refractivity contribution is 0.564. The molecule has 0 atom stereocenters. The largest absolute Gasteiger partial charge is 0.286 e. The maximum absolute atomic E-state index is 9.80. The lowest BCUT2D eigenvalue weighted by Crippen LogP contribution is -1.68. The molecule has 0 fully saturated rings. The second kappa shape index (κ2) is 5.95. The standard InChI is InChI=1S/C12H11O/c13-11-7-2-1-4-8-12-9-5-3-6-10-12/h2-10H,1H2/b7-2?,8-4+. The van der Waals surface area contributed by atoms with Crippen molar-refractivity contribution in [3.63, 3.8) is 0 Å². The molecule has 1 heteroatoms. The van der Waals surface area contributed by atoms with Gasteiger partial charge in [-0.25, -0.2) is 0 Å². The molecule has 0 N–H and O–H groups in total. The Morgan fingerprint density at radius 2 is 1.92 bits per heavy atom. The van der Waals surface area contributed by atoms with Crippen LogP contribution in [0, 0.1) is 0 Å². The highest BCUT2D eigenvalue weighted by molar-refractivity contribution is 5.65. The van der Waals surface area contributed by atoms with Crippen LogP contribution in [0.15, 0.2) is 48.6 Å². The second-order valence-corrected chi connectivity index (χ2v) is 2.57. The van der Waals surface area contributed by atoms with Crippen molar-refractivity contribution >= 4 is 12.4 Å². The van der Waals surface area contributed by atoms with Gasteiger partial charge in [-0.2, -0.15) is 0 Å². The van der Waals surface area contributed by atoms with E-state index in [1.807, 2.05) is 42.5 Å². The first kappa shape index (κ1) is 9.46. The fourth-order valence-corrected chi connectivity index (χ4v) is 0.963. The molecule has 1 rings (SSSR count). The predicted molar refractivity (Wildman–Crippen MR) is 54.9 cm³/mol. The van der Waals surface area contributed by atoms with Gasteiger partial charge in [0.1, 0.15) is 0 Å². The van der Waals surface area contributed by atoms with E-state index in [1.165, 1.54) is 11.6 Å². The van der Waals surface area contributed by atoms with E-state index in [2.05, 4.69) is 0 Å². The van der Waals surface area contributed by atoms with Gasteiger partial charge < -0.3 is 0 Å². The minimum atomic E-state index is 0.768. The molecule has 0 saturated heterocycles. The van der Waals surface area contributed by atoms with Crippen molar-refractivity contribution in [1.82, 2.24) is 0 Å². The predicted octanol–water partition coefficient (Wildman–Crippen LogP) is 2.76. The molecule has 1 aromatic rings. The molecule has 0 unspecified atom stereocenters. The van der Waals surface area contributed by atoms with Crippen molar-refractivity contribution < 1.29 is 4.79 Å². The van der Waals surface area contributed by atoms with Gasteiger partial charge in [-0.15, -0.1) is 0 Å². The number of hydrogen-bond acceptors (Lipinski definition) is 1. The zero-order chi connectivity index (χ0) is 9.36. The molecule has 13 heavy (non-hydrogen) atoms. The highest BCUT2D eigenvalue weighted by atomic mass is 16.1. The zero-order valence-corrected chi connectivity index (χ0v) is 7.31.